The molecule has 2 saturated carbocycles. The summed E-state index contributed by atoms with van der Waals surface area (Å²) in [4.78, 5) is 0. The Morgan fingerprint density at radius 1 is 1.21 bits per heavy atom. The largest absolute Gasteiger partial charge is 0.494 e. The van der Waals surface area contributed by atoms with Crippen LogP contribution in [0.25, 0.3) is 0 Å². The van der Waals surface area contributed by atoms with Crippen molar-refractivity contribution in [3.8, 4) is 5.75 Å². The maximum atomic E-state index is 13.2. The number of methoxy groups -OCH3 is 1. The van der Waals surface area contributed by atoms with E-state index in [1.807, 2.05) is 0 Å². The van der Waals surface area contributed by atoms with E-state index in [1.54, 1.807) is 13.2 Å². The Balaban J connectivity index is 1.74. The first-order valence-corrected chi connectivity index (χ1v) is 7.34. The van der Waals surface area contributed by atoms with Crippen LogP contribution in [0.3, 0.4) is 0 Å². The van der Waals surface area contributed by atoms with Gasteiger partial charge in [-0.3, -0.25) is 0 Å². The highest BCUT2D eigenvalue weighted by atomic mass is 19.1. The van der Waals surface area contributed by atoms with Crippen LogP contribution >= 0.6 is 0 Å². The fourth-order valence-electron chi connectivity index (χ4n) is 3.75. The summed E-state index contributed by atoms with van der Waals surface area (Å²) >= 11 is 0. The quantitative estimate of drug-likeness (QED) is 0.875. The molecule has 19 heavy (non-hydrogen) atoms. The second-order valence-corrected chi connectivity index (χ2v) is 6.00. The van der Waals surface area contributed by atoms with Crippen LogP contribution in [0, 0.1) is 11.2 Å². The number of ether oxygens (including phenoxy) is 1. The lowest BCUT2D eigenvalue weighted by Gasteiger charge is -2.52. The van der Waals surface area contributed by atoms with Crippen molar-refractivity contribution in [2.75, 3.05) is 12.4 Å². The topological polar surface area (TPSA) is 21.3 Å². The summed E-state index contributed by atoms with van der Waals surface area (Å²) in [5.74, 6) is 0.362. The van der Waals surface area contributed by atoms with Crippen LogP contribution in [0.4, 0.5) is 10.1 Å². The SMILES string of the molecule is COc1cc(F)ccc1NC1CCC12CCCCC2. The zero-order valence-corrected chi connectivity index (χ0v) is 11.5. The smallest absolute Gasteiger partial charge is 0.144 e. The molecule has 0 bridgehead atoms. The Morgan fingerprint density at radius 2 is 2.00 bits per heavy atom. The van der Waals surface area contributed by atoms with Gasteiger partial charge in [-0.15, -0.1) is 0 Å². The average molecular weight is 263 g/mol. The number of benzene rings is 1. The van der Waals surface area contributed by atoms with Crippen molar-refractivity contribution in [3.05, 3.63) is 24.0 Å². The summed E-state index contributed by atoms with van der Waals surface area (Å²) in [6, 6.07) is 5.28. The zero-order valence-electron chi connectivity index (χ0n) is 11.5. The molecule has 1 N–H and O–H groups in total. The Bertz CT molecular complexity index is 454. The molecule has 1 spiro atoms. The molecule has 1 unspecified atom stereocenters. The molecule has 2 fully saturated rings. The lowest BCUT2D eigenvalue weighted by atomic mass is 9.57. The van der Waals surface area contributed by atoms with E-state index in [2.05, 4.69) is 5.32 Å². The molecule has 1 aromatic carbocycles. The Labute approximate surface area is 114 Å². The van der Waals surface area contributed by atoms with Crippen LogP contribution in [0.15, 0.2) is 18.2 Å². The summed E-state index contributed by atoms with van der Waals surface area (Å²) in [5.41, 5.74) is 1.43. The van der Waals surface area contributed by atoms with Crippen LogP contribution in [-0.2, 0) is 0 Å². The lowest BCUT2D eigenvalue weighted by Crippen LogP contribution is -2.50. The normalized spacial score (nSPS) is 24.8. The molecule has 3 rings (SSSR count). The van der Waals surface area contributed by atoms with Gasteiger partial charge in [0.2, 0.25) is 0 Å². The van der Waals surface area contributed by atoms with Crippen molar-refractivity contribution in [1.82, 2.24) is 0 Å². The minimum Gasteiger partial charge on any atom is -0.494 e. The second kappa shape index (κ2) is 5.03. The molecule has 2 nitrogen and oxygen atoms in total. The molecule has 0 saturated heterocycles. The van der Waals surface area contributed by atoms with E-state index in [0.717, 1.165) is 5.69 Å². The van der Waals surface area contributed by atoms with Crippen LogP contribution in [0.1, 0.15) is 44.9 Å². The first-order valence-electron chi connectivity index (χ1n) is 7.34. The predicted octanol–water partition coefficient (Wildman–Crippen LogP) is 4.36. The van der Waals surface area contributed by atoms with E-state index in [0.29, 0.717) is 17.2 Å². The molecule has 2 aliphatic rings. The third kappa shape index (κ3) is 2.31. The third-order valence-corrected chi connectivity index (χ3v) is 5.01. The van der Waals surface area contributed by atoms with Gasteiger partial charge in [-0.05, 0) is 43.2 Å². The molecule has 0 amide bonds. The molecular weight excluding hydrogens is 241 g/mol. The fourth-order valence-corrected chi connectivity index (χ4v) is 3.75. The van der Waals surface area contributed by atoms with Crippen LogP contribution < -0.4 is 10.1 Å². The summed E-state index contributed by atoms with van der Waals surface area (Å²) in [6.45, 7) is 0. The Hall–Kier alpha value is -1.25. The van der Waals surface area contributed by atoms with Crippen molar-refractivity contribution >= 4 is 5.69 Å². The predicted molar refractivity (Wildman–Crippen MR) is 75.1 cm³/mol. The highest BCUT2D eigenvalue weighted by molar-refractivity contribution is 5.57. The van der Waals surface area contributed by atoms with Crippen molar-refractivity contribution in [2.45, 2.75) is 51.0 Å². The van der Waals surface area contributed by atoms with Gasteiger partial charge < -0.3 is 10.1 Å². The molecule has 0 aromatic heterocycles. The van der Waals surface area contributed by atoms with E-state index < -0.39 is 0 Å². The summed E-state index contributed by atoms with van der Waals surface area (Å²) in [6.07, 6.45) is 9.35. The van der Waals surface area contributed by atoms with Gasteiger partial charge in [-0.25, -0.2) is 4.39 Å². The highest BCUT2D eigenvalue weighted by Crippen LogP contribution is 2.53. The van der Waals surface area contributed by atoms with Crippen LogP contribution in [0.5, 0.6) is 5.75 Å². The number of rotatable bonds is 3. The molecule has 1 atom stereocenters. The maximum absolute atomic E-state index is 13.2. The number of hydrogen-bond acceptors (Lipinski definition) is 2. The Morgan fingerprint density at radius 3 is 2.63 bits per heavy atom. The molecule has 3 heteroatoms. The molecule has 1 aromatic rings. The van der Waals surface area contributed by atoms with E-state index in [1.165, 1.54) is 57.1 Å². The van der Waals surface area contributed by atoms with E-state index >= 15 is 0 Å². The molecule has 2 aliphatic carbocycles. The van der Waals surface area contributed by atoms with Crippen molar-refractivity contribution in [1.29, 1.82) is 0 Å². The van der Waals surface area contributed by atoms with Gasteiger partial charge in [0.15, 0.2) is 0 Å². The monoisotopic (exact) mass is 263 g/mol. The van der Waals surface area contributed by atoms with Crippen LogP contribution in [0.2, 0.25) is 0 Å². The van der Waals surface area contributed by atoms with Gasteiger partial charge in [-0.1, -0.05) is 19.3 Å². The van der Waals surface area contributed by atoms with Gasteiger partial charge in [-0.2, -0.15) is 0 Å². The molecule has 0 aliphatic heterocycles. The molecular formula is C16H22FNO. The zero-order chi connectivity index (χ0) is 13.3. The van der Waals surface area contributed by atoms with Gasteiger partial charge in [0, 0.05) is 12.1 Å². The number of nitrogens with one attached hydrogen (secondary N) is 1. The van der Waals surface area contributed by atoms with Gasteiger partial charge in [0.05, 0.1) is 12.8 Å². The Kier molecular flexibility index (Phi) is 3.38. The van der Waals surface area contributed by atoms with E-state index in [4.69, 9.17) is 4.74 Å². The number of hydrogen-bond donors (Lipinski definition) is 1. The van der Waals surface area contributed by atoms with Crippen LogP contribution in [-0.4, -0.2) is 13.2 Å². The first-order chi connectivity index (χ1) is 9.23. The summed E-state index contributed by atoms with van der Waals surface area (Å²) in [7, 11) is 1.59. The van der Waals surface area contributed by atoms with E-state index in [-0.39, 0.29) is 5.82 Å². The lowest BCUT2D eigenvalue weighted by molar-refractivity contribution is 0.0570. The standard InChI is InChI=1S/C16H22FNO/c1-19-14-11-12(17)5-6-13(14)18-15-7-10-16(15)8-3-2-4-9-16/h5-6,11,15,18H,2-4,7-10H2,1H3. The van der Waals surface area contributed by atoms with Crippen molar-refractivity contribution < 1.29 is 9.13 Å². The van der Waals surface area contributed by atoms with Gasteiger partial charge >= 0.3 is 0 Å². The number of halogens is 1. The first kappa shape index (κ1) is 12.8. The van der Waals surface area contributed by atoms with Crippen molar-refractivity contribution in [2.24, 2.45) is 5.41 Å². The highest BCUT2D eigenvalue weighted by Gasteiger charge is 2.46. The van der Waals surface area contributed by atoms with Gasteiger partial charge in [0.25, 0.3) is 0 Å². The number of anilines is 1. The second-order valence-electron chi connectivity index (χ2n) is 6.00. The fraction of sp³-hybridized carbons (Fsp3) is 0.625. The minimum atomic E-state index is -0.247. The minimum absolute atomic E-state index is 0.247. The maximum Gasteiger partial charge on any atom is 0.144 e. The molecule has 0 radical (unpaired) electrons. The van der Waals surface area contributed by atoms with Crippen molar-refractivity contribution in [3.63, 3.8) is 0 Å². The van der Waals surface area contributed by atoms with Gasteiger partial charge in [0.1, 0.15) is 11.6 Å². The van der Waals surface area contributed by atoms with E-state index in [9.17, 15) is 4.39 Å². The molecule has 104 valence electrons. The third-order valence-electron chi connectivity index (χ3n) is 5.01. The summed E-state index contributed by atoms with van der Waals surface area (Å²) in [5, 5.41) is 3.59. The average Bonchev–Trinajstić information content (AvgIpc) is 2.45. The summed E-state index contributed by atoms with van der Waals surface area (Å²) < 4.78 is 18.5. The molecule has 0 heterocycles.